The van der Waals surface area contributed by atoms with Crippen LogP contribution in [-0.4, -0.2) is 28.2 Å². The molecule has 1 N–H and O–H groups in total. The average Bonchev–Trinajstić information content (AvgIpc) is 2.96. The lowest BCUT2D eigenvalue weighted by atomic mass is 10.6. The fourth-order valence-electron chi connectivity index (χ4n) is 0.976. The molecule has 0 aliphatic carbocycles. The largest absolute Gasteiger partial charge is 0.465 e. The summed E-state index contributed by atoms with van der Waals surface area (Å²) in [5.74, 6) is 0.125. The van der Waals surface area contributed by atoms with Gasteiger partial charge >= 0.3 is 5.97 Å². The van der Waals surface area contributed by atoms with Crippen LogP contribution in [0.3, 0.4) is 0 Å². The summed E-state index contributed by atoms with van der Waals surface area (Å²) in [5, 5.41) is 7.19. The highest BCUT2D eigenvalue weighted by molar-refractivity contribution is 7.17. The molecule has 0 spiro atoms. The lowest BCUT2D eigenvalue weighted by Crippen LogP contribution is -2.00. The molecule has 0 fully saturated rings. The van der Waals surface area contributed by atoms with Crippen LogP contribution in [-0.2, 0) is 11.3 Å². The molecule has 0 saturated carbocycles. The van der Waals surface area contributed by atoms with Crippen molar-refractivity contribution >= 4 is 22.4 Å². The van der Waals surface area contributed by atoms with Crippen LogP contribution in [0.2, 0.25) is 0 Å². The van der Waals surface area contributed by atoms with E-state index in [4.69, 9.17) is 0 Å². The molecule has 2 aromatic rings. The predicted molar refractivity (Wildman–Crippen MR) is 55.1 cm³/mol. The van der Waals surface area contributed by atoms with Crippen molar-refractivity contribution in [2.75, 3.05) is 12.4 Å². The van der Waals surface area contributed by atoms with E-state index in [-0.39, 0.29) is 0 Å². The molecule has 2 rings (SSSR count). The Morgan fingerprint density at radius 3 is 3.19 bits per heavy atom. The molecule has 84 valence electrons. The highest BCUT2D eigenvalue weighted by Gasteiger charge is 2.10. The van der Waals surface area contributed by atoms with E-state index in [0.29, 0.717) is 22.4 Å². The topological polar surface area (TPSA) is 90.1 Å². The van der Waals surface area contributed by atoms with Crippen LogP contribution in [0.5, 0.6) is 0 Å². The summed E-state index contributed by atoms with van der Waals surface area (Å²) < 4.78 is 9.14. The second-order valence-electron chi connectivity index (χ2n) is 2.72. The maximum atomic E-state index is 11.1. The molecule has 7 nitrogen and oxygen atoms in total. The highest BCUT2D eigenvalue weighted by Crippen LogP contribution is 2.18. The summed E-state index contributed by atoms with van der Waals surface area (Å²) in [4.78, 5) is 19.4. The summed E-state index contributed by atoms with van der Waals surface area (Å²) in [6.07, 6.45) is 2.70. The van der Waals surface area contributed by atoms with Gasteiger partial charge in [-0.1, -0.05) is 16.5 Å². The van der Waals surface area contributed by atoms with Gasteiger partial charge < -0.3 is 14.6 Å². The molecule has 2 aromatic heterocycles. The van der Waals surface area contributed by atoms with Crippen LogP contribution in [0.4, 0.5) is 5.13 Å². The van der Waals surface area contributed by atoms with Crippen molar-refractivity contribution in [3.63, 3.8) is 0 Å². The first-order chi connectivity index (χ1) is 7.79. The van der Waals surface area contributed by atoms with Crippen LogP contribution >= 0.6 is 11.3 Å². The molecule has 0 unspecified atom stereocenters. The zero-order valence-electron chi connectivity index (χ0n) is 8.34. The molecular formula is C8H8N4O3S. The smallest absolute Gasteiger partial charge is 0.349 e. The van der Waals surface area contributed by atoms with E-state index in [1.54, 1.807) is 0 Å². The number of carbonyl (C=O) groups excluding carboxylic acids is 1. The summed E-state index contributed by atoms with van der Waals surface area (Å²) in [5.41, 5.74) is 0. The Labute approximate surface area is 94.5 Å². The van der Waals surface area contributed by atoms with Gasteiger partial charge in [-0.15, -0.1) is 0 Å². The number of methoxy groups -OCH3 is 1. The van der Waals surface area contributed by atoms with E-state index in [1.165, 1.54) is 31.0 Å². The number of esters is 1. The zero-order valence-corrected chi connectivity index (χ0v) is 9.15. The third-order valence-corrected chi connectivity index (χ3v) is 2.63. The average molecular weight is 240 g/mol. The van der Waals surface area contributed by atoms with Gasteiger partial charge in [0.05, 0.1) is 19.9 Å². The number of hydrogen-bond acceptors (Lipinski definition) is 8. The van der Waals surface area contributed by atoms with Crippen molar-refractivity contribution < 1.29 is 14.1 Å². The van der Waals surface area contributed by atoms with E-state index >= 15 is 0 Å². The number of nitrogens with one attached hydrogen (secondary N) is 1. The summed E-state index contributed by atoms with van der Waals surface area (Å²) >= 11 is 1.20. The van der Waals surface area contributed by atoms with E-state index in [9.17, 15) is 4.79 Å². The fourth-order valence-corrected chi connectivity index (χ4v) is 1.71. The third-order valence-electron chi connectivity index (χ3n) is 1.70. The number of hydrogen-bond donors (Lipinski definition) is 1. The summed E-state index contributed by atoms with van der Waals surface area (Å²) in [6.45, 7) is 0.393. The number of thiazole rings is 1. The van der Waals surface area contributed by atoms with Gasteiger partial charge in [-0.2, -0.15) is 4.98 Å². The van der Waals surface area contributed by atoms with E-state index in [0.717, 1.165) is 0 Å². The molecule has 0 aliphatic rings. The summed E-state index contributed by atoms with van der Waals surface area (Å²) in [7, 11) is 1.33. The van der Waals surface area contributed by atoms with Crippen LogP contribution in [0.15, 0.2) is 17.1 Å². The predicted octanol–water partition coefficient (Wildman–Crippen LogP) is 0.925. The Kier molecular flexibility index (Phi) is 3.10. The minimum absolute atomic E-state index is 0.393. The van der Waals surface area contributed by atoms with Gasteiger partial charge in [0.2, 0.25) is 6.39 Å². The number of nitrogens with zero attached hydrogens (tertiary/aromatic N) is 3. The van der Waals surface area contributed by atoms with Crippen molar-refractivity contribution in [2.45, 2.75) is 6.54 Å². The molecule has 0 radical (unpaired) electrons. The fraction of sp³-hybridized carbons (Fsp3) is 0.250. The minimum atomic E-state index is -0.398. The second kappa shape index (κ2) is 4.71. The Bertz CT molecular complexity index is 467. The van der Waals surface area contributed by atoms with Crippen molar-refractivity contribution in [2.24, 2.45) is 0 Å². The van der Waals surface area contributed by atoms with Crippen molar-refractivity contribution in [1.82, 2.24) is 15.1 Å². The number of ether oxygens (including phenoxy) is 1. The molecule has 8 heteroatoms. The maximum absolute atomic E-state index is 11.1. The molecule has 0 atom stereocenters. The molecule has 0 bridgehead atoms. The SMILES string of the molecule is COC(=O)c1cnc(NCc2ncon2)s1. The number of aromatic nitrogens is 3. The first kappa shape index (κ1) is 10.6. The number of rotatable bonds is 4. The lowest BCUT2D eigenvalue weighted by Gasteiger charge is -1.96. The van der Waals surface area contributed by atoms with Crippen molar-refractivity contribution in [1.29, 1.82) is 0 Å². The molecule has 0 amide bonds. The third kappa shape index (κ3) is 2.34. The monoisotopic (exact) mass is 240 g/mol. The van der Waals surface area contributed by atoms with E-state index in [1.807, 2.05) is 0 Å². The zero-order chi connectivity index (χ0) is 11.4. The van der Waals surface area contributed by atoms with Crippen molar-refractivity contribution in [3.05, 3.63) is 23.3 Å². The standard InChI is InChI=1S/C8H8N4O3S/c1-14-7(13)5-2-9-8(16-5)10-3-6-11-4-15-12-6/h2,4H,3H2,1H3,(H,9,10). The van der Waals surface area contributed by atoms with Crippen LogP contribution in [0.25, 0.3) is 0 Å². The van der Waals surface area contributed by atoms with Gasteiger partial charge in [0.15, 0.2) is 11.0 Å². The Balaban J connectivity index is 1.95. The first-order valence-corrected chi connectivity index (χ1v) is 5.14. The quantitative estimate of drug-likeness (QED) is 0.795. The van der Waals surface area contributed by atoms with Crippen LogP contribution < -0.4 is 5.32 Å². The molecule has 0 aromatic carbocycles. The lowest BCUT2D eigenvalue weighted by molar-refractivity contribution is 0.0606. The molecule has 0 aliphatic heterocycles. The minimum Gasteiger partial charge on any atom is -0.465 e. The molecule has 16 heavy (non-hydrogen) atoms. The number of anilines is 1. The van der Waals surface area contributed by atoms with Crippen LogP contribution in [0, 0.1) is 0 Å². The number of carbonyl (C=O) groups is 1. The van der Waals surface area contributed by atoms with Gasteiger partial charge in [0.25, 0.3) is 0 Å². The Morgan fingerprint density at radius 2 is 2.50 bits per heavy atom. The van der Waals surface area contributed by atoms with Crippen LogP contribution in [0.1, 0.15) is 15.5 Å². The van der Waals surface area contributed by atoms with Gasteiger partial charge in [-0.25, -0.2) is 9.78 Å². The van der Waals surface area contributed by atoms with Gasteiger partial charge in [-0.05, 0) is 0 Å². The van der Waals surface area contributed by atoms with Gasteiger partial charge in [-0.3, -0.25) is 0 Å². The Morgan fingerprint density at radius 1 is 1.62 bits per heavy atom. The van der Waals surface area contributed by atoms with E-state index < -0.39 is 5.97 Å². The van der Waals surface area contributed by atoms with Gasteiger partial charge in [0, 0.05) is 0 Å². The summed E-state index contributed by atoms with van der Waals surface area (Å²) in [6, 6.07) is 0. The van der Waals surface area contributed by atoms with Crippen molar-refractivity contribution in [3.8, 4) is 0 Å². The second-order valence-corrected chi connectivity index (χ2v) is 3.75. The maximum Gasteiger partial charge on any atom is 0.349 e. The molecular weight excluding hydrogens is 232 g/mol. The first-order valence-electron chi connectivity index (χ1n) is 4.33. The molecule has 0 saturated heterocycles. The highest BCUT2D eigenvalue weighted by atomic mass is 32.1. The molecule has 2 heterocycles. The normalized spacial score (nSPS) is 10.1. The Hall–Kier alpha value is -1.96. The van der Waals surface area contributed by atoms with Gasteiger partial charge in [0.1, 0.15) is 4.88 Å². The van der Waals surface area contributed by atoms with E-state index in [2.05, 4.69) is 29.7 Å².